The van der Waals surface area contributed by atoms with Gasteiger partial charge >= 0.3 is 6.36 Å². The maximum atomic E-state index is 12.6. The first kappa shape index (κ1) is 19.4. The van der Waals surface area contributed by atoms with Gasteiger partial charge in [-0.15, -0.1) is 13.2 Å². The van der Waals surface area contributed by atoms with Crippen LogP contribution >= 0.6 is 0 Å². The number of nitriles is 2. The molecule has 1 aliphatic rings. The number of ether oxygens (including phenoxy) is 1. The molecule has 148 valence electrons. The average molecular weight is 403 g/mol. The van der Waals surface area contributed by atoms with Crippen molar-refractivity contribution in [2.45, 2.75) is 12.4 Å². The van der Waals surface area contributed by atoms with E-state index < -0.39 is 18.2 Å². The van der Waals surface area contributed by atoms with Gasteiger partial charge in [-0.05, 0) is 18.2 Å². The van der Waals surface area contributed by atoms with Gasteiger partial charge in [0.15, 0.2) is 6.19 Å². The quantitative estimate of drug-likeness (QED) is 0.282. The first-order chi connectivity index (χ1) is 13.6. The van der Waals surface area contributed by atoms with Crippen molar-refractivity contribution in [2.24, 2.45) is 4.99 Å². The molecular formula is C16H12F3N9O. The van der Waals surface area contributed by atoms with Crippen LogP contribution in [0.1, 0.15) is 22.7 Å². The van der Waals surface area contributed by atoms with E-state index in [2.05, 4.69) is 25.3 Å². The highest BCUT2D eigenvalue weighted by Gasteiger charge is 2.33. The number of guanidine groups is 1. The van der Waals surface area contributed by atoms with Gasteiger partial charge in [-0.25, -0.2) is 9.98 Å². The van der Waals surface area contributed by atoms with Crippen molar-refractivity contribution in [3.8, 4) is 18.0 Å². The number of nitrogens with zero attached hydrogens (tertiary/aromatic N) is 4. The number of fused-ring (bicyclic) bond motifs is 1. The van der Waals surface area contributed by atoms with Gasteiger partial charge in [0, 0.05) is 16.8 Å². The van der Waals surface area contributed by atoms with Gasteiger partial charge in [-0.3, -0.25) is 5.32 Å². The summed E-state index contributed by atoms with van der Waals surface area (Å²) in [6, 6.07) is 4.00. The van der Waals surface area contributed by atoms with Crippen molar-refractivity contribution in [2.75, 3.05) is 22.5 Å². The lowest BCUT2D eigenvalue weighted by Crippen LogP contribution is -2.33. The van der Waals surface area contributed by atoms with Crippen molar-refractivity contribution in [3.05, 3.63) is 34.9 Å². The molecule has 1 aromatic carbocycles. The Balaban J connectivity index is 2.23. The molecule has 1 unspecified atom stereocenters. The van der Waals surface area contributed by atoms with Crippen molar-refractivity contribution in [1.82, 2.24) is 10.3 Å². The van der Waals surface area contributed by atoms with Crippen LogP contribution in [0.3, 0.4) is 0 Å². The molecule has 0 radical (unpaired) electrons. The molecule has 0 bridgehead atoms. The molecule has 0 spiro atoms. The molecule has 29 heavy (non-hydrogen) atoms. The maximum Gasteiger partial charge on any atom is 0.573 e. The van der Waals surface area contributed by atoms with Crippen molar-refractivity contribution < 1.29 is 17.9 Å². The Hall–Kier alpha value is -4.39. The summed E-state index contributed by atoms with van der Waals surface area (Å²) in [5.41, 5.74) is 17.9. The molecule has 0 fully saturated rings. The Morgan fingerprint density at radius 2 is 1.93 bits per heavy atom. The predicted octanol–water partition coefficient (Wildman–Crippen LogP) is 1.54. The van der Waals surface area contributed by atoms with E-state index in [0.717, 1.165) is 12.1 Å². The standard InChI is InChI=1S/C16H12F3N9O/c17-16(18,19)29-6-1-2-9(22)7(3-6)12-10-11(23)8(4-20)13(24)27-14(10)28-15(26-12)25-5-21/h1-3,12H,22H2,(H6,23,24,25,26,27,28). The summed E-state index contributed by atoms with van der Waals surface area (Å²) in [5.74, 6) is -0.703. The summed E-state index contributed by atoms with van der Waals surface area (Å²) in [7, 11) is 0. The van der Waals surface area contributed by atoms with E-state index in [-0.39, 0.29) is 45.7 Å². The lowest BCUT2D eigenvalue weighted by molar-refractivity contribution is -0.274. The van der Waals surface area contributed by atoms with Crippen molar-refractivity contribution in [1.29, 1.82) is 10.5 Å². The zero-order valence-electron chi connectivity index (χ0n) is 14.4. The van der Waals surface area contributed by atoms with Crippen molar-refractivity contribution in [3.63, 3.8) is 0 Å². The number of rotatable bonds is 2. The van der Waals surface area contributed by atoms with Crippen LogP contribution in [0.2, 0.25) is 0 Å². The SMILES string of the molecule is N#CNC1=NC(c2cc(OC(F)(F)F)ccc2N)c2c(nc(N)c(C#N)c2N)N1. The van der Waals surface area contributed by atoms with Gasteiger partial charge in [-0.2, -0.15) is 10.5 Å². The third kappa shape index (κ3) is 3.70. The van der Waals surface area contributed by atoms with Gasteiger partial charge < -0.3 is 27.3 Å². The van der Waals surface area contributed by atoms with Crippen molar-refractivity contribution >= 4 is 29.0 Å². The number of aliphatic imine (C=N–C) groups is 1. The second-order valence-corrected chi connectivity index (χ2v) is 5.74. The van der Waals surface area contributed by atoms with E-state index in [0.29, 0.717) is 0 Å². The highest BCUT2D eigenvalue weighted by molar-refractivity contribution is 5.98. The fourth-order valence-corrected chi connectivity index (χ4v) is 2.79. The predicted molar refractivity (Wildman–Crippen MR) is 97.0 cm³/mol. The number of nitrogen functional groups attached to an aromatic ring is 3. The van der Waals surface area contributed by atoms with Crippen LogP contribution in [-0.4, -0.2) is 17.3 Å². The molecule has 0 saturated carbocycles. The molecule has 8 N–H and O–H groups in total. The molecule has 10 nitrogen and oxygen atoms in total. The van der Waals surface area contributed by atoms with Gasteiger partial charge in [0.2, 0.25) is 5.96 Å². The molecular weight excluding hydrogens is 391 g/mol. The largest absolute Gasteiger partial charge is 0.573 e. The van der Waals surface area contributed by atoms with Crippen LogP contribution in [0.25, 0.3) is 0 Å². The van der Waals surface area contributed by atoms with Gasteiger partial charge in [-0.1, -0.05) is 0 Å². The first-order valence-corrected chi connectivity index (χ1v) is 7.78. The monoisotopic (exact) mass is 403 g/mol. The van der Waals surface area contributed by atoms with Crippen LogP contribution in [0.15, 0.2) is 23.2 Å². The average Bonchev–Trinajstić information content (AvgIpc) is 2.62. The highest BCUT2D eigenvalue weighted by atomic mass is 19.4. The molecule has 3 rings (SSSR count). The van der Waals surface area contributed by atoms with E-state index >= 15 is 0 Å². The van der Waals surface area contributed by atoms with E-state index in [1.807, 2.05) is 6.07 Å². The topological polar surface area (TPSA) is 184 Å². The van der Waals surface area contributed by atoms with Gasteiger partial charge in [0.05, 0.1) is 5.69 Å². The molecule has 13 heteroatoms. The van der Waals surface area contributed by atoms with E-state index in [4.69, 9.17) is 22.5 Å². The number of nitrogens with two attached hydrogens (primary N) is 3. The number of alkyl halides is 3. The van der Waals surface area contributed by atoms with Crippen LogP contribution in [-0.2, 0) is 0 Å². The van der Waals surface area contributed by atoms with E-state index in [9.17, 15) is 18.4 Å². The minimum absolute atomic E-state index is 0.0671. The summed E-state index contributed by atoms with van der Waals surface area (Å²) >= 11 is 0. The minimum Gasteiger partial charge on any atom is -0.406 e. The Morgan fingerprint density at radius 1 is 1.21 bits per heavy atom. The van der Waals surface area contributed by atoms with Crippen LogP contribution in [0, 0.1) is 22.8 Å². The summed E-state index contributed by atoms with van der Waals surface area (Å²) in [6.07, 6.45) is -3.26. The number of aromatic nitrogens is 1. The first-order valence-electron chi connectivity index (χ1n) is 7.78. The number of halogens is 3. The number of pyridine rings is 1. The second kappa shape index (κ2) is 6.97. The van der Waals surface area contributed by atoms with Gasteiger partial charge in [0.1, 0.15) is 35.1 Å². The molecule has 0 aliphatic carbocycles. The molecule has 1 aliphatic heterocycles. The summed E-state index contributed by atoms with van der Waals surface area (Å²) < 4.78 is 41.8. The van der Waals surface area contributed by atoms with E-state index in [1.54, 1.807) is 6.19 Å². The number of benzene rings is 1. The molecule has 2 aromatic rings. The molecule has 1 aromatic heterocycles. The fourth-order valence-electron chi connectivity index (χ4n) is 2.79. The Morgan fingerprint density at radius 3 is 2.55 bits per heavy atom. The molecule has 0 saturated heterocycles. The smallest absolute Gasteiger partial charge is 0.406 e. The molecule has 1 atom stereocenters. The van der Waals surface area contributed by atoms with Crippen LogP contribution < -0.4 is 32.6 Å². The Labute approximate surface area is 161 Å². The third-order valence-corrected chi connectivity index (χ3v) is 3.94. The lowest BCUT2D eigenvalue weighted by atomic mass is 9.94. The number of hydrogen-bond donors (Lipinski definition) is 5. The Kier molecular flexibility index (Phi) is 4.66. The summed E-state index contributed by atoms with van der Waals surface area (Å²) in [4.78, 5) is 8.28. The second-order valence-electron chi connectivity index (χ2n) is 5.74. The zero-order chi connectivity index (χ0) is 21.3. The zero-order valence-corrected chi connectivity index (χ0v) is 14.4. The molecule has 2 heterocycles. The summed E-state index contributed by atoms with van der Waals surface area (Å²) in [5, 5.41) is 23.1. The van der Waals surface area contributed by atoms with E-state index in [1.165, 1.54) is 6.07 Å². The normalized spacial score (nSPS) is 15.2. The van der Waals surface area contributed by atoms with Crippen LogP contribution in [0.4, 0.5) is 36.2 Å². The summed E-state index contributed by atoms with van der Waals surface area (Å²) in [6.45, 7) is 0. The number of nitrogens with one attached hydrogen (secondary N) is 2. The van der Waals surface area contributed by atoms with Crippen LogP contribution in [0.5, 0.6) is 5.75 Å². The minimum atomic E-state index is -4.92. The number of hydrogen-bond acceptors (Lipinski definition) is 10. The lowest BCUT2D eigenvalue weighted by Gasteiger charge is -2.27. The van der Waals surface area contributed by atoms with Gasteiger partial charge in [0.25, 0.3) is 0 Å². The number of anilines is 4. The fraction of sp³-hybridized carbons (Fsp3) is 0.125. The Bertz CT molecular complexity index is 1100. The third-order valence-electron chi connectivity index (χ3n) is 3.94. The maximum absolute atomic E-state index is 12.6. The molecule has 0 amide bonds. The highest BCUT2D eigenvalue weighted by Crippen LogP contribution is 2.43.